The fraction of sp³-hybridized carbons (Fsp3) is 0.448. The summed E-state index contributed by atoms with van der Waals surface area (Å²) in [5.74, 6) is -0.520. The van der Waals surface area contributed by atoms with Crippen LogP contribution in [0.3, 0.4) is 0 Å². The molecule has 2 aromatic carbocycles. The van der Waals surface area contributed by atoms with E-state index in [4.69, 9.17) is 0 Å². The second kappa shape index (κ2) is 10.8. The third kappa shape index (κ3) is 5.95. The molecule has 196 valence electrons. The molecule has 0 unspecified atom stereocenters. The summed E-state index contributed by atoms with van der Waals surface area (Å²) in [6, 6.07) is 12.2. The normalized spacial score (nSPS) is 18.3. The van der Waals surface area contributed by atoms with Crippen molar-refractivity contribution >= 4 is 16.8 Å². The van der Waals surface area contributed by atoms with Gasteiger partial charge in [-0.2, -0.15) is 13.2 Å². The van der Waals surface area contributed by atoms with Crippen molar-refractivity contribution in [1.29, 1.82) is 0 Å². The molecule has 4 nitrogen and oxygen atoms in total. The average Bonchev–Trinajstić information content (AvgIpc) is 2.90. The number of hydrogen-bond donors (Lipinski definition) is 1. The third-order valence-corrected chi connectivity index (χ3v) is 7.74. The van der Waals surface area contributed by atoms with Gasteiger partial charge in [0.2, 0.25) is 0 Å². The van der Waals surface area contributed by atoms with Crippen LogP contribution >= 0.6 is 0 Å². The van der Waals surface area contributed by atoms with E-state index >= 15 is 0 Å². The second-order valence-corrected chi connectivity index (χ2v) is 10.3. The number of carbonyl (C=O) groups is 1. The van der Waals surface area contributed by atoms with Crippen molar-refractivity contribution in [3.05, 3.63) is 76.7 Å². The number of carbonyl (C=O) groups excluding carboxylic acids is 1. The van der Waals surface area contributed by atoms with Crippen molar-refractivity contribution in [3.8, 4) is 0 Å². The predicted octanol–water partition coefficient (Wildman–Crippen LogP) is 6.83. The van der Waals surface area contributed by atoms with Crippen molar-refractivity contribution in [2.45, 2.75) is 69.6 Å². The lowest BCUT2D eigenvalue weighted by Gasteiger charge is -2.32. The Morgan fingerprint density at radius 1 is 0.973 bits per heavy atom. The molecule has 1 aliphatic heterocycles. The maximum atomic E-state index is 14.7. The summed E-state index contributed by atoms with van der Waals surface area (Å²) in [7, 11) is 0. The molecule has 0 bridgehead atoms. The smallest absolute Gasteiger partial charge is 0.348 e. The summed E-state index contributed by atoms with van der Waals surface area (Å²) in [6.45, 7) is 2.06. The van der Waals surface area contributed by atoms with Crippen LogP contribution in [-0.4, -0.2) is 34.9 Å². The second-order valence-electron chi connectivity index (χ2n) is 10.3. The van der Waals surface area contributed by atoms with Gasteiger partial charge < -0.3 is 5.32 Å². The molecular weight excluding hydrogens is 482 g/mol. The lowest BCUT2D eigenvalue weighted by Crippen LogP contribution is -2.37. The number of amides is 1. The zero-order valence-corrected chi connectivity index (χ0v) is 20.7. The highest BCUT2D eigenvalue weighted by Gasteiger charge is 2.30. The zero-order valence-electron chi connectivity index (χ0n) is 20.7. The number of likely N-dealkylation sites (tertiary alicyclic amines) is 1. The average molecular weight is 514 g/mol. The molecule has 2 fully saturated rings. The summed E-state index contributed by atoms with van der Waals surface area (Å²) in [4.78, 5) is 19.7. The van der Waals surface area contributed by atoms with Gasteiger partial charge in [-0.05, 0) is 80.1 Å². The van der Waals surface area contributed by atoms with Gasteiger partial charge in [-0.25, -0.2) is 9.37 Å². The molecule has 1 saturated heterocycles. The van der Waals surface area contributed by atoms with Crippen LogP contribution in [0, 0.1) is 5.82 Å². The highest BCUT2D eigenvalue weighted by atomic mass is 19.4. The van der Waals surface area contributed by atoms with E-state index in [-0.39, 0.29) is 29.1 Å². The van der Waals surface area contributed by atoms with E-state index in [2.05, 4.69) is 15.2 Å². The van der Waals surface area contributed by atoms with Gasteiger partial charge in [0.05, 0.1) is 5.56 Å². The molecule has 1 saturated carbocycles. The number of halogens is 4. The van der Waals surface area contributed by atoms with Gasteiger partial charge in [-0.3, -0.25) is 9.69 Å². The van der Waals surface area contributed by atoms with Crippen LogP contribution in [0.4, 0.5) is 17.6 Å². The first-order valence-corrected chi connectivity index (χ1v) is 13.1. The van der Waals surface area contributed by atoms with Crippen molar-refractivity contribution in [2.24, 2.45) is 0 Å². The quantitative estimate of drug-likeness (QED) is 0.380. The molecule has 1 N–H and O–H groups in total. The highest BCUT2D eigenvalue weighted by Crippen LogP contribution is 2.33. The van der Waals surface area contributed by atoms with E-state index in [0.717, 1.165) is 74.9 Å². The monoisotopic (exact) mass is 513 g/mol. The fourth-order valence-electron chi connectivity index (χ4n) is 5.65. The summed E-state index contributed by atoms with van der Waals surface area (Å²) in [5.41, 5.74) is 1.58. The van der Waals surface area contributed by atoms with Crippen molar-refractivity contribution in [3.63, 3.8) is 0 Å². The summed E-state index contributed by atoms with van der Waals surface area (Å²) in [5, 5.41) is 3.77. The minimum Gasteiger partial charge on any atom is -0.348 e. The number of fused-ring (bicyclic) bond motifs is 1. The molecule has 8 heteroatoms. The number of aromatic nitrogens is 1. The number of nitrogens with zero attached hydrogens (tertiary/aromatic N) is 2. The van der Waals surface area contributed by atoms with Crippen molar-refractivity contribution in [1.82, 2.24) is 15.2 Å². The Hall–Kier alpha value is -3.00. The lowest BCUT2D eigenvalue weighted by atomic mass is 9.88. The number of alkyl halides is 3. The molecule has 0 radical (unpaired) electrons. The zero-order chi connectivity index (χ0) is 26.0. The first-order chi connectivity index (χ1) is 17.8. The van der Waals surface area contributed by atoms with Gasteiger partial charge in [0.15, 0.2) is 0 Å². The van der Waals surface area contributed by atoms with Crippen LogP contribution in [0.5, 0.6) is 0 Å². The summed E-state index contributed by atoms with van der Waals surface area (Å²) in [6.07, 6.45) is 2.58. The number of benzene rings is 2. The number of hydrogen-bond acceptors (Lipinski definition) is 3. The number of nitrogens with one attached hydrogen (secondary N) is 1. The third-order valence-electron chi connectivity index (χ3n) is 7.74. The molecule has 3 aromatic rings. The number of pyridine rings is 1. The van der Waals surface area contributed by atoms with Gasteiger partial charge in [-0.15, -0.1) is 0 Å². The van der Waals surface area contributed by atoms with Crippen LogP contribution in [0.15, 0.2) is 48.5 Å². The first-order valence-electron chi connectivity index (χ1n) is 13.1. The minimum atomic E-state index is -4.33. The molecule has 1 amide bonds. The topological polar surface area (TPSA) is 45.2 Å². The Bertz CT molecular complexity index is 1240. The lowest BCUT2D eigenvalue weighted by molar-refractivity contribution is -0.137. The molecule has 37 heavy (non-hydrogen) atoms. The number of rotatable bonds is 5. The van der Waals surface area contributed by atoms with Crippen LogP contribution in [0.1, 0.15) is 78.0 Å². The van der Waals surface area contributed by atoms with Crippen molar-refractivity contribution < 1.29 is 22.4 Å². The Balaban J connectivity index is 1.30. The summed E-state index contributed by atoms with van der Waals surface area (Å²) < 4.78 is 53.4. The molecule has 1 aromatic heterocycles. The first kappa shape index (κ1) is 25.6. The SMILES string of the molecule is O=C(NC1CCCCC1)c1cc(CN2CCC(c3ccc(C(F)(F)F)cc3)CC2)c2cccc(F)c2n1. The molecule has 5 rings (SSSR count). The molecule has 2 aliphatic rings. The molecule has 0 spiro atoms. The van der Waals surface area contributed by atoms with Gasteiger partial charge >= 0.3 is 6.18 Å². The van der Waals surface area contributed by atoms with E-state index in [1.54, 1.807) is 24.3 Å². The van der Waals surface area contributed by atoms with Gasteiger partial charge in [0, 0.05) is 18.0 Å². The van der Waals surface area contributed by atoms with Gasteiger partial charge in [0.25, 0.3) is 5.91 Å². The van der Waals surface area contributed by atoms with E-state index < -0.39 is 17.6 Å². The Labute approximate surface area is 214 Å². The maximum Gasteiger partial charge on any atom is 0.416 e. The Morgan fingerprint density at radius 3 is 2.35 bits per heavy atom. The van der Waals surface area contributed by atoms with Crippen LogP contribution in [-0.2, 0) is 12.7 Å². The molecule has 1 aliphatic carbocycles. The fourth-order valence-corrected chi connectivity index (χ4v) is 5.65. The van der Waals surface area contributed by atoms with Crippen molar-refractivity contribution in [2.75, 3.05) is 13.1 Å². The van der Waals surface area contributed by atoms with E-state index in [0.29, 0.717) is 11.9 Å². The van der Waals surface area contributed by atoms with E-state index in [9.17, 15) is 22.4 Å². The van der Waals surface area contributed by atoms with E-state index in [1.807, 2.05) is 6.07 Å². The molecule has 2 heterocycles. The molecule has 0 atom stereocenters. The largest absolute Gasteiger partial charge is 0.416 e. The summed E-state index contributed by atoms with van der Waals surface area (Å²) >= 11 is 0. The standard InChI is InChI=1S/C29H31F4N3O/c30-25-8-4-7-24-21(17-26(35-27(24)25)28(37)34-23-5-2-1-3-6-23)18-36-15-13-20(14-16-36)19-9-11-22(12-10-19)29(31,32)33/h4,7-12,17,20,23H,1-3,5-6,13-16,18H2,(H,34,37). The van der Waals surface area contributed by atoms with Crippen LogP contribution in [0.25, 0.3) is 10.9 Å². The highest BCUT2D eigenvalue weighted by molar-refractivity contribution is 5.96. The molecular formula is C29H31F4N3O. The van der Waals surface area contributed by atoms with Gasteiger partial charge in [-0.1, -0.05) is 43.5 Å². The number of piperidine rings is 1. The number of para-hydroxylation sites is 1. The van der Waals surface area contributed by atoms with E-state index in [1.165, 1.54) is 12.5 Å². The Morgan fingerprint density at radius 2 is 1.68 bits per heavy atom. The predicted molar refractivity (Wildman–Crippen MR) is 135 cm³/mol. The van der Waals surface area contributed by atoms with Crippen LogP contribution < -0.4 is 5.32 Å². The minimum absolute atomic E-state index is 0.132. The van der Waals surface area contributed by atoms with Gasteiger partial charge in [0.1, 0.15) is 17.0 Å². The Kier molecular flexibility index (Phi) is 7.47. The van der Waals surface area contributed by atoms with Crippen LogP contribution in [0.2, 0.25) is 0 Å². The maximum absolute atomic E-state index is 14.7.